The van der Waals surface area contributed by atoms with Gasteiger partial charge in [0.2, 0.25) is 0 Å². The topological polar surface area (TPSA) is 129 Å². The third kappa shape index (κ3) is 13.4. The van der Waals surface area contributed by atoms with Crippen LogP contribution in [0.15, 0.2) is 0 Å². The number of nitrogens with zero attached hydrogens (tertiary/aromatic N) is 2. The van der Waals surface area contributed by atoms with E-state index in [1.807, 2.05) is 0 Å². The molecular formula is C14H36N6O2. The Balaban J connectivity index is 3.44. The van der Waals surface area contributed by atoms with Crippen molar-refractivity contribution in [2.75, 3.05) is 91.9 Å². The fraction of sp³-hybridized carbons (Fsp3) is 1.00. The van der Waals surface area contributed by atoms with Gasteiger partial charge in [-0.3, -0.25) is 9.80 Å². The molecule has 0 radical (unpaired) electrons. The highest BCUT2D eigenvalue weighted by Crippen LogP contribution is 1.89. The number of hydrogen-bond acceptors (Lipinski definition) is 8. The third-order valence-electron chi connectivity index (χ3n) is 3.26. The Morgan fingerprint density at radius 3 is 1.05 bits per heavy atom. The summed E-state index contributed by atoms with van der Waals surface area (Å²) in [5, 5.41) is 0. The van der Waals surface area contributed by atoms with Gasteiger partial charge in [-0.1, -0.05) is 0 Å². The van der Waals surface area contributed by atoms with E-state index in [4.69, 9.17) is 32.4 Å². The van der Waals surface area contributed by atoms with Crippen LogP contribution in [0.5, 0.6) is 0 Å². The second-order valence-corrected chi connectivity index (χ2v) is 5.06. The molecule has 0 fully saturated rings. The quantitative estimate of drug-likeness (QED) is 0.216. The Bertz CT molecular complexity index is 190. The van der Waals surface area contributed by atoms with Gasteiger partial charge in [-0.25, -0.2) is 0 Å². The van der Waals surface area contributed by atoms with Gasteiger partial charge in [0.15, 0.2) is 0 Å². The van der Waals surface area contributed by atoms with Crippen LogP contribution in [-0.4, -0.2) is 102 Å². The Morgan fingerprint density at radius 2 is 0.773 bits per heavy atom. The predicted molar refractivity (Wildman–Crippen MR) is 90.7 cm³/mol. The Hall–Kier alpha value is -0.320. The van der Waals surface area contributed by atoms with Crippen LogP contribution in [0.4, 0.5) is 0 Å². The molecule has 0 saturated heterocycles. The summed E-state index contributed by atoms with van der Waals surface area (Å²) in [5.74, 6) is 0. The van der Waals surface area contributed by atoms with E-state index in [0.717, 1.165) is 39.3 Å². The molecule has 22 heavy (non-hydrogen) atoms. The minimum Gasteiger partial charge on any atom is -0.378 e. The summed E-state index contributed by atoms with van der Waals surface area (Å²) in [6.07, 6.45) is 0. The van der Waals surface area contributed by atoms with Gasteiger partial charge in [0.05, 0.1) is 26.4 Å². The average Bonchev–Trinajstić information content (AvgIpc) is 2.50. The maximum atomic E-state index is 5.56. The van der Waals surface area contributed by atoms with Crippen molar-refractivity contribution in [2.24, 2.45) is 22.9 Å². The molecule has 134 valence electrons. The van der Waals surface area contributed by atoms with Crippen LogP contribution in [-0.2, 0) is 9.47 Å². The molecule has 0 heterocycles. The fourth-order valence-corrected chi connectivity index (χ4v) is 2.11. The summed E-state index contributed by atoms with van der Waals surface area (Å²) >= 11 is 0. The van der Waals surface area contributed by atoms with Crippen LogP contribution in [0.25, 0.3) is 0 Å². The molecule has 0 atom stereocenters. The van der Waals surface area contributed by atoms with Crippen molar-refractivity contribution < 1.29 is 9.47 Å². The lowest BCUT2D eigenvalue weighted by molar-refractivity contribution is 0.0321. The number of rotatable bonds is 17. The highest BCUT2D eigenvalue weighted by molar-refractivity contribution is 4.59. The maximum Gasteiger partial charge on any atom is 0.0701 e. The molecule has 0 aliphatic rings. The first-order valence-corrected chi connectivity index (χ1v) is 8.19. The SMILES string of the molecule is NCCN(CCN)CCOCCOCCN(CCN)CCN. The molecule has 0 bridgehead atoms. The minimum atomic E-state index is 0.604. The standard InChI is InChI=1S/C14H36N6O2/c15-1-5-19(6-2-16)9-11-21-13-14-22-12-10-20(7-3-17)8-4-18/h1-18H2. The molecule has 0 aromatic carbocycles. The Morgan fingerprint density at radius 1 is 0.455 bits per heavy atom. The molecular weight excluding hydrogens is 284 g/mol. The maximum absolute atomic E-state index is 5.56. The summed E-state index contributed by atoms with van der Waals surface area (Å²) in [6.45, 7) is 10.3. The summed E-state index contributed by atoms with van der Waals surface area (Å²) < 4.78 is 11.1. The highest BCUT2D eigenvalue weighted by Gasteiger charge is 2.03. The monoisotopic (exact) mass is 320 g/mol. The average molecular weight is 320 g/mol. The lowest BCUT2D eigenvalue weighted by atomic mass is 10.4. The van der Waals surface area contributed by atoms with E-state index < -0.39 is 0 Å². The van der Waals surface area contributed by atoms with Crippen molar-refractivity contribution in [3.05, 3.63) is 0 Å². The zero-order valence-corrected chi connectivity index (χ0v) is 13.9. The molecule has 8 nitrogen and oxygen atoms in total. The molecule has 0 rings (SSSR count). The number of ether oxygens (including phenoxy) is 2. The zero-order valence-electron chi connectivity index (χ0n) is 13.9. The normalized spacial score (nSPS) is 11.7. The highest BCUT2D eigenvalue weighted by atomic mass is 16.5. The second-order valence-electron chi connectivity index (χ2n) is 5.06. The smallest absolute Gasteiger partial charge is 0.0701 e. The van der Waals surface area contributed by atoms with Gasteiger partial charge in [-0.05, 0) is 0 Å². The summed E-state index contributed by atoms with van der Waals surface area (Å²) in [5.41, 5.74) is 22.2. The zero-order chi connectivity index (χ0) is 16.5. The molecule has 0 aliphatic carbocycles. The van der Waals surface area contributed by atoms with E-state index in [0.29, 0.717) is 52.6 Å². The van der Waals surface area contributed by atoms with Gasteiger partial charge < -0.3 is 32.4 Å². The lowest BCUT2D eigenvalue weighted by Gasteiger charge is -2.21. The Labute approximate surface area is 135 Å². The van der Waals surface area contributed by atoms with Gasteiger partial charge in [-0.2, -0.15) is 0 Å². The van der Waals surface area contributed by atoms with Crippen molar-refractivity contribution in [2.45, 2.75) is 0 Å². The van der Waals surface area contributed by atoms with Crippen LogP contribution < -0.4 is 22.9 Å². The van der Waals surface area contributed by atoms with Crippen LogP contribution in [0, 0.1) is 0 Å². The first-order valence-electron chi connectivity index (χ1n) is 8.19. The second kappa shape index (κ2) is 17.0. The van der Waals surface area contributed by atoms with Crippen LogP contribution in [0.3, 0.4) is 0 Å². The largest absolute Gasteiger partial charge is 0.378 e. The first kappa shape index (κ1) is 21.7. The molecule has 0 aliphatic heterocycles. The van der Waals surface area contributed by atoms with Gasteiger partial charge in [0.25, 0.3) is 0 Å². The van der Waals surface area contributed by atoms with E-state index in [1.54, 1.807) is 0 Å². The molecule has 0 saturated carbocycles. The van der Waals surface area contributed by atoms with Crippen LogP contribution in [0.1, 0.15) is 0 Å². The van der Waals surface area contributed by atoms with Crippen molar-refractivity contribution in [3.8, 4) is 0 Å². The van der Waals surface area contributed by atoms with Gasteiger partial charge in [0.1, 0.15) is 0 Å². The van der Waals surface area contributed by atoms with E-state index in [-0.39, 0.29) is 0 Å². The third-order valence-corrected chi connectivity index (χ3v) is 3.26. The predicted octanol–water partition coefficient (Wildman–Crippen LogP) is -2.54. The van der Waals surface area contributed by atoms with E-state index in [9.17, 15) is 0 Å². The molecule has 0 aromatic heterocycles. The van der Waals surface area contributed by atoms with E-state index in [1.165, 1.54) is 0 Å². The molecule has 0 amide bonds. The molecule has 0 spiro atoms. The van der Waals surface area contributed by atoms with Crippen molar-refractivity contribution >= 4 is 0 Å². The summed E-state index contributed by atoms with van der Waals surface area (Å²) in [4.78, 5) is 4.41. The number of hydrogen-bond donors (Lipinski definition) is 4. The number of nitrogens with two attached hydrogens (primary N) is 4. The first-order chi connectivity index (χ1) is 10.8. The van der Waals surface area contributed by atoms with E-state index in [2.05, 4.69) is 9.80 Å². The molecule has 0 unspecified atom stereocenters. The molecule has 8 heteroatoms. The van der Waals surface area contributed by atoms with Gasteiger partial charge in [0, 0.05) is 65.4 Å². The molecule has 0 aromatic rings. The summed E-state index contributed by atoms with van der Waals surface area (Å²) in [6, 6.07) is 0. The lowest BCUT2D eigenvalue weighted by Crippen LogP contribution is -2.36. The minimum absolute atomic E-state index is 0.604. The van der Waals surface area contributed by atoms with Crippen LogP contribution in [0.2, 0.25) is 0 Å². The Kier molecular flexibility index (Phi) is 16.8. The summed E-state index contributed by atoms with van der Waals surface area (Å²) in [7, 11) is 0. The van der Waals surface area contributed by atoms with Crippen molar-refractivity contribution in [1.29, 1.82) is 0 Å². The van der Waals surface area contributed by atoms with Crippen molar-refractivity contribution in [3.63, 3.8) is 0 Å². The van der Waals surface area contributed by atoms with E-state index >= 15 is 0 Å². The molecule has 8 N–H and O–H groups in total. The van der Waals surface area contributed by atoms with Gasteiger partial charge >= 0.3 is 0 Å². The van der Waals surface area contributed by atoms with Crippen LogP contribution >= 0.6 is 0 Å². The van der Waals surface area contributed by atoms with Gasteiger partial charge in [-0.15, -0.1) is 0 Å². The fourth-order valence-electron chi connectivity index (χ4n) is 2.11. The van der Waals surface area contributed by atoms with Crippen molar-refractivity contribution in [1.82, 2.24) is 9.80 Å².